The molecular weight excluding hydrogens is 294 g/mol. The van der Waals surface area contributed by atoms with E-state index in [9.17, 15) is 0 Å². The Kier molecular flexibility index (Phi) is 5.98. The molecule has 0 spiro atoms. The second-order valence-corrected chi connectivity index (χ2v) is 6.62. The van der Waals surface area contributed by atoms with E-state index < -0.39 is 11.1 Å². The Bertz CT molecular complexity index is 594. The lowest BCUT2D eigenvalue weighted by molar-refractivity contribution is -0.0715. The fourth-order valence-electron chi connectivity index (χ4n) is 3.51. The highest BCUT2D eigenvalue weighted by molar-refractivity contribution is 5.38. The molecule has 2 rings (SSSR count). The lowest BCUT2D eigenvalue weighted by atomic mass is 9.67. The minimum absolute atomic E-state index is 0.0488. The normalized spacial score (nSPS) is 15.5. The van der Waals surface area contributed by atoms with E-state index >= 15 is 0 Å². The maximum Gasteiger partial charge on any atom is 0.122 e. The molecule has 2 aromatic carbocycles. The standard InChI is InChI=1S/C22H29NO/c1-5-17-21(4,23)18(3)22(24-6-2,19-13-9-7-10-14-19)20-15-11-8-12-16-20/h5,7-16,18H,1,6,17,23H2,2-4H3. The Hall–Kier alpha value is -1.90. The number of benzene rings is 2. The SMILES string of the molecule is C=CCC(C)(N)C(C)C(OCC)(c1ccccc1)c1ccccc1. The summed E-state index contributed by atoms with van der Waals surface area (Å²) in [5.41, 5.74) is 7.94. The van der Waals surface area contributed by atoms with Gasteiger partial charge in [-0.2, -0.15) is 0 Å². The van der Waals surface area contributed by atoms with E-state index in [0.29, 0.717) is 6.61 Å². The summed E-state index contributed by atoms with van der Waals surface area (Å²) in [6.07, 6.45) is 2.62. The molecule has 0 heterocycles. The van der Waals surface area contributed by atoms with Crippen molar-refractivity contribution < 1.29 is 4.74 Å². The van der Waals surface area contributed by atoms with E-state index in [-0.39, 0.29) is 5.92 Å². The van der Waals surface area contributed by atoms with Crippen LogP contribution in [0.2, 0.25) is 0 Å². The third kappa shape index (κ3) is 3.45. The van der Waals surface area contributed by atoms with E-state index in [1.54, 1.807) is 0 Å². The van der Waals surface area contributed by atoms with Crippen molar-refractivity contribution in [2.45, 2.75) is 38.3 Å². The molecule has 0 aliphatic carbocycles. The predicted molar refractivity (Wildman–Crippen MR) is 102 cm³/mol. The van der Waals surface area contributed by atoms with E-state index in [0.717, 1.165) is 17.5 Å². The monoisotopic (exact) mass is 323 g/mol. The van der Waals surface area contributed by atoms with Crippen molar-refractivity contribution in [2.24, 2.45) is 11.7 Å². The lowest BCUT2D eigenvalue weighted by Crippen LogP contribution is -2.54. The van der Waals surface area contributed by atoms with Crippen molar-refractivity contribution >= 4 is 0 Å². The second kappa shape index (κ2) is 7.78. The van der Waals surface area contributed by atoms with Crippen LogP contribution in [0.25, 0.3) is 0 Å². The quantitative estimate of drug-likeness (QED) is 0.702. The molecule has 2 N–H and O–H groups in total. The van der Waals surface area contributed by atoms with E-state index in [4.69, 9.17) is 10.5 Å². The first-order valence-electron chi connectivity index (χ1n) is 8.63. The number of hydrogen-bond donors (Lipinski definition) is 1. The van der Waals surface area contributed by atoms with E-state index in [1.165, 1.54) is 0 Å². The second-order valence-electron chi connectivity index (χ2n) is 6.62. The van der Waals surface area contributed by atoms with Crippen LogP contribution in [0.15, 0.2) is 73.3 Å². The molecule has 0 saturated heterocycles. The number of nitrogens with two attached hydrogens (primary N) is 1. The van der Waals surface area contributed by atoms with Crippen LogP contribution in [0, 0.1) is 5.92 Å². The van der Waals surface area contributed by atoms with Crippen molar-refractivity contribution in [3.05, 3.63) is 84.4 Å². The molecule has 128 valence electrons. The molecule has 2 aromatic rings. The minimum atomic E-state index is -0.593. The molecule has 0 aliphatic rings. The maximum atomic E-state index is 6.71. The summed E-state index contributed by atoms with van der Waals surface area (Å²) in [6.45, 7) is 10.8. The van der Waals surface area contributed by atoms with Crippen molar-refractivity contribution in [1.29, 1.82) is 0 Å². The summed E-state index contributed by atoms with van der Waals surface area (Å²) < 4.78 is 6.48. The first kappa shape index (κ1) is 18.4. The van der Waals surface area contributed by atoms with Crippen molar-refractivity contribution in [3.63, 3.8) is 0 Å². The van der Waals surface area contributed by atoms with Crippen molar-refractivity contribution in [2.75, 3.05) is 6.61 Å². The Labute approximate surface area is 146 Å². The van der Waals surface area contributed by atoms with Crippen LogP contribution in [0.5, 0.6) is 0 Å². The van der Waals surface area contributed by atoms with Crippen LogP contribution in [0.1, 0.15) is 38.3 Å². The highest BCUT2D eigenvalue weighted by atomic mass is 16.5. The minimum Gasteiger partial charge on any atom is -0.365 e. The van der Waals surface area contributed by atoms with E-state index in [2.05, 4.69) is 69.0 Å². The maximum absolute atomic E-state index is 6.71. The number of ether oxygens (including phenoxy) is 1. The number of rotatable bonds is 8. The number of hydrogen-bond acceptors (Lipinski definition) is 2. The molecule has 24 heavy (non-hydrogen) atoms. The van der Waals surface area contributed by atoms with Gasteiger partial charge in [0.25, 0.3) is 0 Å². The van der Waals surface area contributed by atoms with Crippen LogP contribution in [0.4, 0.5) is 0 Å². The van der Waals surface area contributed by atoms with Crippen LogP contribution in [-0.2, 0) is 10.3 Å². The molecule has 0 amide bonds. The third-order valence-corrected chi connectivity index (χ3v) is 4.96. The lowest BCUT2D eigenvalue weighted by Gasteiger charge is -2.46. The van der Waals surface area contributed by atoms with Crippen molar-refractivity contribution in [1.82, 2.24) is 0 Å². The molecular formula is C22H29NO. The first-order chi connectivity index (χ1) is 11.5. The Morgan fingerprint density at radius 3 is 1.88 bits per heavy atom. The summed E-state index contributed by atoms with van der Waals surface area (Å²) in [4.78, 5) is 0. The fourth-order valence-corrected chi connectivity index (χ4v) is 3.51. The van der Waals surface area contributed by atoms with Gasteiger partial charge in [-0.15, -0.1) is 6.58 Å². The van der Waals surface area contributed by atoms with Gasteiger partial charge in [-0.25, -0.2) is 0 Å². The van der Waals surface area contributed by atoms with Gasteiger partial charge in [-0.1, -0.05) is 73.7 Å². The summed E-state index contributed by atoms with van der Waals surface area (Å²) in [6, 6.07) is 20.8. The van der Waals surface area contributed by atoms with Crippen LogP contribution in [0.3, 0.4) is 0 Å². The highest BCUT2D eigenvalue weighted by Gasteiger charge is 2.47. The summed E-state index contributed by atoms with van der Waals surface area (Å²) >= 11 is 0. The molecule has 2 atom stereocenters. The Morgan fingerprint density at radius 2 is 1.50 bits per heavy atom. The van der Waals surface area contributed by atoms with E-state index in [1.807, 2.05) is 25.1 Å². The molecule has 0 saturated carbocycles. The molecule has 2 nitrogen and oxygen atoms in total. The highest BCUT2D eigenvalue weighted by Crippen LogP contribution is 2.45. The van der Waals surface area contributed by atoms with Crippen LogP contribution < -0.4 is 5.73 Å². The zero-order valence-electron chi connectivity index (χ0n) is 15.0. The summed E-state index contributed by atoms with van der Waals surface area (Å²) in [7, 11) is 0. The average Bonchev–Trinajstić information content (AvgIpc) is 2.60. The fraction of sp³-hybridized carbons (Fsp3) is 0.364. The largest absolute Gasteiger partial charge is 0.365 e. The molecule has 0 fully saturated rings. The molecule has 0 aromatic heterocycles. The Balaban J connectivity index is 2.69. The zero-order valence-corrected chi connectivity index (χ0v) is 15.0. The summed E-state index contributed by atoms with van der Waals surface area (Å²) in [5, 5.41) is 0. The smallest absolute Gasteiger partial charge is 0.122 e. The molecule has 0 radical (unpaired) electrons. The first-order valence-corrected chi connectivity index (χ1v) is 8.63. The molecule has 2 heteroatoms. The van der Waals surface area contributed by atoms with Crippen LogP contribution in [-0.4, -0.2) is 12.1 Å². The molecule has 2 unspecified atom stereocenters. The van der Waals surface area contributed by atoms with Crippen LogP contribution >= 0.6 is 0 Å². The van der Waals surface area contributed by atoms with Gasteiger partial charge in [0.2, 0.25) is 0 Å². The van der Waals surface area contributed by atoms with Gasteiger partial charge in [0.1, 0.15) is 5.60 Å². The molecule has 0 aliphatic heterocycles. The average molecular weight is 323 g/mol. The van der Waals surface area contributed by atoms with Crippen molar-refractivity contribution in [3.8, 4) is 0 Å². The van der Waals surface area contributed by atoms with Gasteiger partial charge in [0.15, 0.2) is 0 Å². The van der Waals surface area contributed by atoms with Gasteiger partial charge in [0, 0.05) is 18.1 Å². The molecule has 0 bridgehead atoms. The Morgan fingerprint density at radius 1 is 1.04 bits per heavy atom. The topological polar surface area (TPSA) is 35.2 Å². The van der Waals surface area contributed by atoms with Gasteiger partial charge < -0.3 is 10.5 Å². The van der Waals surface area contributed by atoms with Gasteiger partial charge in [-0.3, -0.25) is 0 Å². The van der Waals surface area contributed by atoms with Gasteiger partial charge in [-0.05, 0) is 31.4 Å². The van der Waals surface area contributed by atoms with Gasteiger partial charge in [0.05, 0.1) is 0 Å². The predicted octanol–water partition coefficient (Wildman–Crippen LogP) is 4.90. The third-order valence-electron chi connectivity index (χ3n) is 4.96. The van der Waals surface area contributed by atoms with Gasteiger partial charge >= 0.3 is 0 Å². The zero-order chi connectivity index (χ0) is 17.6. The summed E-state index contributed by atoms with van der Waals surface area (Å²) in [5.74, 6) is 0.0488.